The van der Waals surface area contributed by atoms with Gasteiger partial charge in [-0.2, -0.15) is 0 Å². The minimum absolute atomic E-state index is 0.0629. The number of anilines is 3. The number of amides is 3. The van der Waals surface area contributed by atoms with Crippen molar-refractivity contribution in [2.24, 2.45) is 0 Å². The monoisotopic (exact) mass is 519 g/mol. The van der Waals surface area contributed by atoms with Crippen LogP contribution in [0.15, 0.2) is 83.5 Å². The Hall–Kier alpha value is -4.63. The number of imide groups is 1. The number of phenols is 1. The van der Waals surface area contributed by atoms with Crippen LogP contribution in [0.25, 0.3) is 0 Å². The lowest BCUT2D eigenvalue weighted by molar-refractivity contribution is -0.120. The van der Waals surface area contributed by atoms with Crippen molar-refractivity contribution in [1.82, 2.24) is 0 Å². The van der Waals surface area contributed by atoms with Crippen LogP contribution in [-0.4, -0.2) is 34.9 Å². The third-order valence-corrected chi connectivity index (χ3v) is 5.63. The molecular formula is C27H22ClN3O6. The molecule has 188 valence electrons. The minimum Gasteiger partial charge on any atom is -0.506 e. The first-order chi connectivity index (χ1) is 17.7. The fourth-order valence-electron chi connectivity index (χ4n) is 3.52. The zero-order valence-corrected chi connectivity index (χ0v) is 20.6. The molecule has 0 aliphatic carbocycles. The van der Waals surface area contributed by atoms with E-state index in [1.807, 2.05) is 0 Å². The van der Waals surface area contributed by atoms with Crippen molar-refractivity contribution >= 4 is 52.4 Å². The van der Waals surface area contributed by atoms with Crippen molar-refractivity contribution in [3.8, 4) is 5.75 Å². The Morgan fingerprint density at radius 2 is 1.62 bits per heavy atom. The van der Waals surface area contributed by atoms with Gasteiger partial charge in [0.05, 0.1) is 23.0 Å². The van der Waals surface area contributed by atoms with E-state index in [4.69, 9.17) is 16.3 Å². The molecule has 37 heavy (non-hydrogen) atoms. The van der Waals surface area contributed by atoms with E-state index in [9.17, 15) is 24.3 Å². The van der Waals surface area contributed by atoms with Gasteiger partial charge in [-0.05, 0) is 68.4 Å². The van der Waals surface area contributed by atoms with Gasteiger partial charge >= 0.3 is 5.97 Å². The van der Waals surface area contributed by atoms with E-state index < -0.39 is 23.7 Å². The van der Waals surface area contributed by atoms with Crippen LogP contribution in [0.5, 0.6) is 5.75 Å². The summed E-state index contributed by atoms with van der Waals surface area (Å²) >= 11 is 6.20. The minimum atomic E-state index is -0.748. The molecule has 1 aliphatic heterocycles. The number of hydrogen-bond acceptors (Lipinski definition) is 7. The SMILES string of the molecule is CC(C)OC(=O)c1cccc(N2C(=O)C(Cl)=C(Nc3ccc(C(=O)Nc4ccccc4O)cc3)C2=O)c1. The van der Waals surface area contributed by atoms with Crippen molar-refractivity contribution in [3.63, 3.8) is 0 Å². The molecule has 1 heterocycles. The van der Waals surface area contributed by atoms with Crippen molar-refractivity contribution in [2.45, 2.75) is 20.0 Å². The number of esters is 1. The highest BCUT2D eigenvalue weighted by atomic mass is 35.5. The molecule has 0 unspecified atom stereocenters. The second-order valence-electron chi connectivity index (χ2n) is 8.31. The standard InChI is InChI=1S/C27H22ClN3O6/c1-15(2)37-27(36)17-6-5-7-19(14-17)31-25(34)22(28)23(26(31)35)29-18-12-10-16(11-13-18)24(33)30-20-8-3-4-9-21(20)32/h3-15,29,32H,1-2H3,(H,30,33). The smallest absolute Gasteiger partial charge is 0.338 e. The van der Waals surface area contributed by atoms with Crippen LogP contribution in [0, 0.1) is 0 Å². The van der Waals surface area contributed by atoms with E-state index in [0.717, 1.165) is 4.90 Å². The van der Waals surface area contributed by atoms with E-state index >= 15 is 0 Å². The summed E-state index contributed by atoms with van der Waals surface area (Å²) in [5, 5.41) is 15.0. The Labute approximate surface area is 217 Å². The molecule has 0 radical (unpaired) electrons. The molecule has 3 aromatic rings. The first-order valence-corrected chi connectivity index (χ1v) is 11.6. The molecule has 0 atom stereocenters. The number of carbonyl (C=O) groups excluding carboxylic acids is 4. The first-order valence-electron chi connectivity index (χ1n) is 11.2. The van der Waals surface area contributed by atoms with Gasteiger partial charge in [0.25, 0.3) is 17.7 Å². The number of nitrogens with zero attached hydrogens (tertiary/aromatic N) is 1. The van der Waals surface area contributed by atoms with E-state index in [0.29, 0.717) is 11.3 Å². The average molecular weight is 520 g/mol. The highest BCUT2D eigenvalue weighted by Crippen LogP contribution is 2.31. The van der Waals surface area contributed by atoms with Gasteiger partial charge < -0.3 is 20.5 Å². The highest BCUT2D eigenvalue weighted by molar-refractivity contribution is 6.53. The summed E-state index contributed by atoms with van der Waals surface area (Å²) in [6.07, 6.45) is -0.332. The van der Waals surface area contributed by atoms with Gasteiger partial charge in [-0.25, -0.2) is 9.69 Å². The van der Waals surface area contributed by atoms with Crippen molar-refractivity contribution in [1.29, 1.82) is 0 Å². The fraction of sp³-hybridized carbons (Fsp3) is 0.111. The Bertz CT molecular complexity index is 1430. The normalized spacial score (nSPS) is 13.2. The Kier molecular flexibility index (Phi) is 7.26. The summed E-state index contributed by atoms with van der Waals surface area (Å²) in [5.74, 6) is -2.54. The average Bonchev–Trinajstić information content (AvgIpc) is 3.08. The maximum atomic E-state index is 13.1. The summed E-state index contributed by atoms with van der Waals surface area (Å²) in [5.41, 5.74) is 1.18. The second kappa shape index (κ2) is 10.5. The number of nitrogens with one attached hydrogen (secondary N) is 2. The summed E-state index contributed by atoms with van der Waals surface area (Å²) < 4.78 is 5.18. The number of halogens is 1. The number of rotatable bonds is 7. The van der Waals surface area contributed by atoms with E-state index in [-0.39, 0.29) is 39.5 Å². The summed E-state index contributed by atoms with van der Waals surface area (Å²) in [6, 6.07) is 18.4. The number of benzene rings is 3. The molecule has 0 spiro atoms. The van der Waals surface area contributed by atoms with Gasteiger partial charge in [0, 0.05) is 11.3 Å². The molecule has 0 aromatic heterocycles. The predicted octanol–water partition coefficient (Wildman–Crippen LogP) is 4.65. The number of aromatic hydroxyl groups is 1. The Balaban J connectivity index is 1.48. The van der Waals surface area contributed by atoms with Crippen LogP contribution in [0.1, 0.15) is 34.6 Å². The maximum Gasteiger partial charge on any atom is 0.338 e. The van der Waals surface area contributed by atoms with Gasteiger partial charge in [0.15, 0.2) is 0 Å². The van der Waals surface area contributed by atoms with Crippen LogP contribution in [0.4, 0.5) is 17.1 Å². The zero-order valence-electron chi connectivity index (χ0n) is 19.8. The largest absolute Gasteiger partial charge is 0.506 e. The van der Waals surface area contributed by atoms with Crippen LogP contribution < -0.4 is 15.5 Å². The van der Waals surface area contributed by atoms with Gasteiger partial charge in [-0.1, -0.05) is 29.8 Å². The molecule has 0 bridgehead atoms. The molecular weight excluding hydrogens is 498 g/mol. The number of ether oxygens (including phenoxy) is 1. The quantitative estimate of drug-likeness (QED) is 0.236. The number of hydrogen-bond donors (Lipinski definition) is 3. The van der Waals surface area contributed by atoms with Crippen molar-refractivity contribution in [3.05, 3.63) is 94.7 Å². The topological polar surface area (TPSA) is 125 Å². The summed E-state index contributed by atoms with van der Waals surface area (Å²) in [6.45, 7) is 3.42. The van der Waals surface area contributed by atoms with Gasteiger partial charge in [-0.15, -0.1) is 0 Å². The number of carbonyl (C=O) groups is 4. The molecule has 10 heteroatoms. The molecule has 4 rings (SSSR count). The van der Waals surface area contributed by atoms with E-state index in [1.165, 1.54) is 42.5 Å². The molecule has 1 aliphatic rings. The molecule has 0 saturated heterocycles. The van der Waals surface area contributed by atoms with Crippen molar-refractivity contribution in [2.75, 3.05) is 15.5 Å². The molecule has 0 saturated carbocycles. The Morgan fingerprint density at radius 3 is 2.30 bits per heavy atom. The molecule has 9 nitrogen and oxygen atoms in total. The first kappa shape index (κ1) is 25.5. The number of phenolic OH excluding ortho intramolecular Hbond substituents is 1. The van der Waals surface area contributed by atoms with Crippen LogP contribution in [0.2, 0.25) is 0 Å². The lowest BCUT2D eigenvalue weighted by atomic mass is 10.1. The zero-order chi connectivity index (χ0) is 26.7. The van der Waals surface area contributed by atoms with Crippen LogP contribution >= 0.6 is 11.6 Å². The maximum absolute atomic E-state index is 13.1. The fourth-order valence-corrected chi connectivity index (χ4v) is 3.74. The van der Waals surface area contributed by atoms with E-state index in [2.05, 4.69) is 10.6 Å². The molecule has 3 amide bonds. The predicted molar refractivity (Wildman–Crippen MR) is 138 cm³/mol. The summed E-state index contributed by atoms with van der Waals surface area (Å²) in [4.78, 5) is 51.5. The Morgan fingerprint density at radius 1 is 0.919 bits per heavy atom. The van der Waals surface area contributed by atoms with Gasteiger partial charge in [0.1, 0.15) is 16.5 Å². The molecule has 3 N–H and O–H groups in total. The molecule has 3 aromatic carbocycles. The lowest BCUT2D eigenvalue weighted by Crippen LogP contribution is -2.32. The summed E-state index contributed by atoms with van der Waals surface area (Å²) in [7, 11) is 0. The van der Waals surface area contributed by atoms with E-state index in [1.54, 1.807) is 44.2 Å². The van der Waals surface area contributed by atoms with Gasteiger partial charge in [0.2, 0.25) is 0 Å². The van der Waals surface area contributed by atoms with Crippen molar-refractivity contribution < 1.29 is 29.0 Å². The second-order valence-corrected chi connectivity index (χ2v) is 8.69. The number of para-hydroxylation sites is 2. The third-order valence-electron chi connectivity index (χ3n) is 5.28. The van der Waals surface area contributed by atoms with Crippen LogP contribution in [0.3, 0.4) is 0 Å². The lowest BCUT2D eigenvalue weighted by Gasteiger charge is -2.16. The van der Waals surface area contributed by atoms with Gasteiger partial charge in [-0.3, -0.25) is 14.4 Å². The van der Waals surface area contributed by atoms with Crippen LogP contribution in [-0.2, 0) is 14.3 Å². The molecule has 0 fully saturated rings. The highest BCUT2D eigenvalue weighted by Gasteiger charge is 2.39. The third kappa shape index (κ3) is 5.46.